The molecule has 2 heteroatoms. The van der Waals surface area contributed by atoms with E-state index >= 15 is 0 Å². The van der Waals surface area contributed by atoms with E-state index in [1.54, 1.807) is 0 Å². The van der Waals surface area contributed by atoms with E-state index in [0.29, 0.717) is 0 Å². The standard InChI is InChI=1S/C4H10N.CH3.La/c1-3-5-4-2;;/h3-4H2,1-2H3;1H3;/q-1;;+1. The Bertz CT molecular complexity index is 29.6. The van der Waals surface area contributed by atoms with Gasteiger partial charge in [0.2, 0.25) is 0 Å². The van der Waals surface area contributed by atoms with Gasteiger partial charge in [0.15, 0.2) is 0 Å². The van der Waals surface area contributed by atoms with E-state index in [2.05, 4.69) is 18.8 Å². The van der Waals surface area contributed by atoms with Crippen molar-refractivity contribution < 1.29 is 32.2 Å². The topological polar surface area (TPSA) is 3.24 Å². The molecule has 1 nitrogen and oxygen atoms in total. The molecule has 0 saturated carbocycles. The molecule has 0 spiro atoms. The van der Waals surface area contributed by atoms with Gasteiger partial charge >= 0.3 is 64.1 Å². The van der Waals surface area contributed by atoms with Crippen LogP contribution in [-0.2, 0) is 0 Å². The SMILES string of the molecule is CC[N](CC)[La][CH3]. The van der Waals surface area contributed by atoms with E-state index in [9.17, 15) is 0 Å². The van der Waals surface area contributed by atoms with E-state index in [0.717, 1.165) is 0 Å². The van der Waals surface area contributed by atoms with Gasteiger partial charge in [-0.05, 0) is 0 Å². The molecule has 0 heterocycles. The van der Waals surface area contributed by atoms with Crippen LogP contribution in [0.25, 0.3) is 0 Å². The second-order valence-corrected chi connectivity index (χ2v) is 5.39. The molecule has 0 bridgehead atoms. The maximum absolute atomic E-state index is 2.58. The molecule has 0 N–H and O–H groups in total. The fraction of sp³-hybridized carbons (Fsp3) is 1.00. The summed E-state index contributed by atoms with van der Waals surface area (Å²) in [6.45, 7) is 7.04. The van der Waals surface area contributed by atoms with Crippen LogP contribution in [0, 0.1) is 32.2 Å². The fourth-order valence-electron chi connectivity index (χ4n) is 0.589. The molecule has 0 aliphatic carbocycles. The average molecular weight is 226 g/mol. The van der Waals surface area contributed by atoms with E-state index in [1.807, 2.05) is 0 Å². The third-order valence-electron chi connectivity index (χ3n) is 1.18. The summed E-state index contributed by atoms with van der Waals surface area (Å²) in [5, 5.41) is 0. The minimum atomic E-state index is -0.352. The van der Waals surface area contributed by atoms with Crippen molar-refractivity contribution in [2.75, 3.05) is 13.1 Å². The number of rotatable bonds is 3. The summed E-state index contributed by atoms with van der Waals surface area (Å²) < 4.78 is 4.98. The quantitative estimate of drug-likeness (QED) is 0.702. The Morgan fingerprint density at radius 2 is 1.71 bits per heavy atom. The van der Waals surface area contributed by atoms with Gasteiger partial charge in [0, 0.05) is 0 Å². The van der Waals surface area contributed by atoms with Gasteiger partial charge in [-0.25, -0.2) is 0 Å². The normalized spacial score (nSPS) is 9.14. The van der Waals surface area contributed by atoms with Crippen molar-refractivity contribution >= 4 is 0 Å². The van der Waals surface area contributed by atoms with Crippen molar-refractivity contribution in [1.29, 1.82) is 0 Å². The zero-order valence-electron chi connectivity index (χ0n) is 5.44. The molecule has 0 rings (SSSR count). The molecule has 0 radical (unpaired) electrons. The summed E-state index contributed by atoms with van der Waals surface area (Å²) >= 11 is -0.352. The molecule has 0 aromatic heterocycles. The first-order valence-corrected chi connectivity index (χ1v) is 8.13. The molecule has 0 aliphatic heterocycles. The van der Waals surface area contributed by atoms with Gasteiger partial charge in [0.1, 0.15) is 0 Å². The van der Waals surface area contributed by atoms with Crippen molar-refractivity contribution in [1.82, 2.24) is 1.66 Å². The molecule has 0 saturated heterocycles. The Balaban J connectivity index is 2.99. The van der Waals surface area contributed by atoms with E-state index in [-0.39, 0.29) is 32.2 Å². The van der Waals surface area contributed by atoms with Crippen molar-refractivity contribution in [2.45, 2.75) is 17.2 Å². The molecule has 0 aliphatic rings. The van der Waals surface area contributed by atoms with Crippen LogP contribution in [0.3, 0.4) is 0 Å². The van der Waals surface area contributed by atoms with Crippen molar-refractivity contribution in [3.8, 4) is 0 Å². The number of hydrogen-bond acceptors (Lipinski definition) is 1. The Kier molecular flexibility index (Phi) is 6.17. The Hall–Kier alpha value is 1.15. The summed E-state index contributed by atoms with van der Waals surface area (Å²) in [7, 11) is 0. The second-order valence-electron chi connectivity index (χ2n) is 1.48. The molecule has 7 heavy (non-hydrogen) atoms. The summed E-state index contributed by atoms with van der Waals surface area (Å²) in [5.41, 5.74) is 0. The van der Waals surface area contributed by atoms with Crippen molar-refractivity contribution in [2.24, 2.45) is 0 Å². The van der Waals surface area contributed by atoms with Crippen molar-refractivity contribution in [3.63, 3.8) is 0 Å². The minimum absolute atomic E-state index is 0.352. The Labute approximate surface area is 63.7 Å². The monoisotopic (exact) mass is 226 g/mol. The number of nitrogens with zero attached hydrogens (tertiary/aromatic N) is 1. The van der Waals surface area contributed by atoms with Crippen LogP contribution >= 0.6 is 0 Å². The Morgan fingerprint density at radius 3 is 1.71 bits per heavy atom. The molecular weight excluding hydrogens is 213 g/mol. The molecule has 0 aromatic rings. The summed E-state index contributed by atoms with van der Waals surface area (Å²) in [4.78, 5) is 0. The molecule has 41 valence electrons. The fourth-order valence-corrected chi connectivity index (χ4v) is 2.88. The Morgan fingerprint density at radius 1 is 1.29 bits per heavy atom. The molecule has 0 unspecified atom stereocenters. The van der Waals surface area contributed by atoms with Crippen LogP contribution in [0.15, 0.2) is 0 Å². The van der Waals surface area contributed by atoms with E-state index in [4.69, 9.17) is 0 Å². The predicted octanol–water partition coefficient (Wildman–Crippen LogP) is 1.38. The van der Waals surface area contributed by atoms with Gasteiger partial charge in [-0.1, -0.05) is 0 Å². The zero-order chi connectivity index (χ0) is 5.70. The van der Waals surface area contributed by atoms with Crippen LogP contribution < -0.4 is 0 Å². The third kappa shape index (κ3) is 3.71. The third-order valence-corrected chi connectivity index (χ3v) is 5.76. The van der Waals surface area contributed by atoms with Gasteiger partial charge in [-0.15, -0.1) is 0 Å². The van der Waals surface area contributed by atoms with Gasteiger partial charge in [-0.2, -0.15) is 0 Å². The van der Waals surface area contributed by atoms with Gasteiger partial charge in [-0.3, -0.25) is 0 Å². The molecule has 0 fully saturated rings. The maximum atomic E-state index is 2.58. The average Bonchev–Trinajstić information content (AvgIpc) is 1.72. The molecular formula is C5H13LaN. The predicted molar refractivity (Wildman–Crippen MR) is 28.8 cm³/mol. The molecule has 0 aromatic carbocycles. The van der Waals surface area contributed by atoms with Crippen LogP contribution in [0.5, 0.6) is 0 Å². The molecule has 0 atom stereocenters. The first kappa shape index (κ1) is 8.15. The summed E-state index contributed by atoms with van der Waals surface area (Å²) in [5.74, 6) is 0. The van der Waals surface area contributed by atoms with E-state index < -0.39 is 0 Å². The number of hydrogen-bond donors (Lipinski definition) is 0. The summed E-state index contributed by atoms with van der Waals surface area (Å²) in [6.07, 6.45) is 0. The summed E-state index contributed by atoms with van der Waals surface area (Å²) in [6, 6.07) is 0. The zero-order valence-corrected chi connectivity index (χ0v) is 9.06. The van der Waals surface area contributed by atoms with Crippen LogP contribution in [0.4, 0.5) is 0 Å². The molecule has 0 amide bonds. The van der Waals surface area contributed by atoms with Gasteiger partial charge < -0.3 is 0 Å². The van der Waals surface area contributed by atoms with Gasteiger partial charge in [0.25, 0.3) is 0 Å². The van der Waals surface area contributed by atoms with Crippen molar-refractivity contribution in [3.05, 3.63) is 0 Å². The van der Waals surface area contributed by atoms with E-state index in [1.165, 1.54) is 13.1 Å². The van der Waals surface area contributed by atoms with Crippen LogP contribution in [-0.4, -0.2) is 14.8 Å². The first-order chi connectivity index (χ1) is 3.35. The second kappa shape index (κ2) is 5.29. The first-order valence-electron chi connectivity index (χ1n) is 2.88. The van der Waals surface area contributed by atoms with Crippen LogP contribution in [0.2, 0.25) is 3.33 Å². The van der Waals surface area contributed by atoms with Gasteiger partial charge in [0.05, 0.1) is 0 Å². The van der Waals surface area contributed by atoms with Crippen LogP contribution in [0.1, 0.15) is 13.8 Å².